The van der Waals surface area contributed by atoms with E-state index in [1.54, 1.807) is 4.68 Å². The number of amides is 2. The lowest BCUT2D eigenvalue weighted by molar-refractivity contribution is -0.121. The summed E-state index contributed by atoms with van der Waals surface area (Å²) >= 11 is 0. The van der Waals surface area contributed by atoms with Crippen LogP contribution >= 0.6 is 0 Å². The molecule has 3 rings (SSSR count). The minimum atomic E-state index is -0.00783. The normalized spacial score (nSPS) is 14.2. The van der Waals surface area contributed by atoms with Crippen LogP contribution in [0.15, 0.2) is 30.6 Å². The van der Waals surface area contributed by atoms with Crippen molar-refractivity contribution < 1.29 is 9.59 Å². The second-order valence-corrected chi connectivity index (χ2v) is 6.50. The van der Waals surface area contributed by atoms with Gasteiger partial charge in [0.2, 0.25) is 5.91 Å². The fourth-order valence-corrected chi connectivity index (χ4v) is 3.02. The number of carbonyl (C=O) groups excluding carboxylic acids is 2. The van der Waals surface area contributed by atoms with E-state index >= 15 is 0 Å². The van der Waals surface area contributed by atoms with E-state index in [0.29, 0.717) is 31.5 Å². The molecule has 2 aromatic rings. The highest BCUT2D eigenvalue weighted by Crippen LogP contribution is 2.14. The van der Waals surface area contributed by atoms with E-state index in [9.17, 15) is 9.59 Å². The average Bonchev–Trinajstić information content (AvgIpc) is 3.20. The Morgan fingerprint density at radius 3 is 2.54 bits per heavy atom. The summed E-state index contributed by atoms with van der Waals surface area (Å²) in [5.41, 5.74) is 1.69. The van der Waals surface area contributed by atoms with Crippen LogP contribution in [0.2, 0.25) is 0 Å². The van der Waals surface area contributed by atoms with Gasteiger partial charge in [0.15, 0.2) is 0 Å². The molecule has 0 radical (unpaired) electrons. The van der Waals surface area contributed by atoms with Gasteiger partial charge in [0, 0.05) is 38.2 Å². The Morgan fingerprint density at radius 2 is 1.85 bits per heavy atom. The molecule has 1 N–H and O–H groups in total. The summed E-state index contributed by atoms with van der Waals surface area (Å²) in [5, 5.41) is 13.8. The first kappa shape index (κ1) is 18.0. The number of likely N-dealkylation sites (tertiary alicyclic amines) is 1. The lowest BCUT2D eigenvalue weighted by atomic mass is 10.1. The van der Waals surface area contributed by atoms with Gasteiger partial charge in [-0.1, -0.05) is 12.1 Å². The highest BCUT2D eigenvalue weighted by molar-refractivity contribution is 5.94. The third-order valence-corrected chi connectivity index (χ3v) is 4.52. The fourth-order valence-electron chi connectivity index (χ4n) is 3.02. The van der Waals surface area contributed by atoms with Crippen LogP contribution in [0, 0.1) is 0 Å². The van der Waals surface area contributed by atoms with Crippen molar-refractivity contribution in [2.45, 2.75) is 45.2 Å². The lowest BCUT2D eigenvalue weighted by Crippen LogP contribution is -2.35. The molecule has 0 saturated carbocycles. The van der Waals surface area contributed by atoms with Gasteiger partial charge in [0.1, 0.15) is 6.33 Å². The van der Waals surface area contributed by atoms with Gasteiger partial charge in [0.05, 0.1) is 0 Å². The molecule has 26 heavy (non-hydrogen) atoms. The Balaban J connectivity index is 1.40. The molecule has 0 spiro atoms. The van der Waals surface area contributed by atoms with Gasteiger partial charge in [-0.2, -0.15) is 0 Å². The predicted molar refractivity (Wildman–Crippen MR) is 95.1 cm³/mol. The number of carbonyl (C=O) groups is 2. The monoisotopic (exact) mass is 356 g/mol. The van der Waals surface area contributed by atoms with Crippen molar-refractivity contribution in [3.8, 4) is 0 Å². The molecule has 8 nitrogen and oxygen atoms in total. The minimum Gasteiger partial charge on any atom is -0.352 e. The van der Waals surface area contributed by atoms with Crippen molar-refractivity contribution in [1.82, 2.24) is 30.4 Å². The Labute approximate surface area is 152 Å². The number of rotatable bonds is 7. The Morgan fingerprint density at radius 1 is 1.08 bits per heavy atom. The van der Waals surface area contributed by atoms with Crippen molar-refractivity contribution in [3.63, 3.8) is 0 Å². The van der Waals surface area contributed by atoms with Crippen molar-refractivity contribution in [3.05, 3.63) is 41.7 Å². The number of nitrogens with zero attached hydrogens (tertiary/aromatic N) is 5. The summed E-state index contributed by atoms with van der Waals surface area (Å²) in [5.74, 6) is 0.0921. The molecule has 138 valence electrons. The van der Waals surface area contributed by atoms with E-state index in [0.717, 1.165) is 31.5 Å². The number of tetrazole rings is 1. The van der Waals surface area contributed by atoms with Crippen LogP contribution in [-0.4, -0.2) is 50.0 Å². The largest absolute Gasteiger partial charge is 0.352 e. The van der Waals surface area contributed by atoms with Crippen LogP contribution in [0.5, 0.6) is 0 Å². The molecule has 0 unspecified atom stereocenters. The van der Waals surface area contributed by atoms with E-state index in [4.69, 9.17) is 0 Å². The standard InChI is InChI=1S/C18H24N6O2/c25-17(5-4-12-24-14-20-21-22-24)19-13-15-6-8-16(9-7-15)18(26)23-10-2-1-3-11-23/h6-9,14H,1-5,10-13H2,(H,19,25). The molecule has 1 aromatic carbocycles. The zero-order valence-electron chi connectivity index (χ0n) is 14.8. The third-order valence-electron chi connectivity index (χ3n) is 4.52. The first-order valence-corrected chi connectivity index (χ1v) is 9.08. The molecule has 2 amide bonds. The highest BCUT2D eigenvalue weighted by atomic mass is 16.2. The summed E-state index contributed by atoms with van der Waals surface area (Å²) in [6.45, 7) is 2.78. The minimum absolute atomic E-state index is 0.00783. The molecule has 0 atom stereocenters. The number of aromatic nitrogens is 4. The van der Waals surface area contributed by atoms with E-state index in [2.05, 4.69) is 20.8 Å². The van der Waals surface area contributed by atoms with E-state index in [1.807, 2.05) is 29.2 Å². The van der Waals surface area contributed by atoms with Gasteiger partial charge in [0.25, 0.3) is 5.91 Å². The highest BCUT2D eigenvalue weighted by Gasteiger charge is 2.17. The maximum Gasteiger partial charge on any atom is 0.253 e. The molecule has 0 aliphatic carbocycles. The number of hydrogen-bond acceptors (Lipinski definition) is 5. The zero-order valence-corrected chi connectivity index (χ0v) is 14.8. The molecule has 8 heteroatoms. The second-order valence-electron chi connectivity index (χ2n) is 6.50. The third kappa shape index (κ3) is 5.11. The molecular weight excluding hydrogens is 332 g/mol. The van der Waals surface area contributed by atoms with Gasteiger partial charge >= 0.3 is 0 Å². The topological polar surface area (TPSA) is 93.0 Å². The van der Waals surface area contributed by atoms with Crippen LogP contribution in [0.25, 0.3) is 0 Å². The smallest absolute Gasteiger partial charge is 0.253 e. The second kappa shape index (κ2) is 9.07. The van der Waals surface area contributed by atoms with Crippen molar-refractivity contribution in [2.75, 3.05) is 13.1 Å². The summed E-state index contributed by atoms with van der Waals surface area (Å²) in [7, 11) is 0. The summed E-state index contributed by atoms with van der Waals surface area (Å²) < 4.78 is 1.60. The van der Waals surface area contributed by atoms with E-state index in [-0.39, 0.29) is 11.8 Å². The lowest BCUT2D eigenvalue weighted by Gasteiger charge is -2.26. The average molecular weight is 356 g/mol. The summed E-state index contributed by atoms with van der Waals surface area (Å²) in [6.07, 6.45) is 6.01. The molecule has 1 fully saturated rings. The Hall–Kier alpha value is -2.77. The van der Waals surface area contributed by atoms with Gasteiger partial charge in [-0.05, 0) is 53.8 Å². The van der Waals surface area contributed by atoms with Crippen molar-refractivity contribution >= 4 is 11.8 Å². The number of hydrogen-bond donors (Lipinski definition) is 1. The molecule has 2 heterocycles. The van der Waals surface area contributed by atoms with Crippen molar-refractivity contribution in [1.29, 1.82) is 0 Å². The molecule has 1 saturated heterocycles. The quantitative estimate of drug-likeness (QED) is 0.809. The molecule has 1 aliphatic rings. The van der Waals surface area contributed by atoms with Crippen molar-refractivity contribution in [2.24, 2.45) is 0 Å². The van der Waals surface area contributed by atoms with Gasteiger partial charge in [-0.15, -0.1) is 5.10 Å². The van der Waals surface area contributed by atoms with Gasteiger partial charge in [-0.3, -0.25) is 9.59 Å². The first-order valence-electron chi connectivity index (χ1n) is 9.08. The van der Waals surface area contributed by atoms with Gasteiger partial charge < -0.3 is 10.2 Å². The number of benzene rings is 1. The zero-order chi connectivity index (χ0) is 18.2. The molecule has 1 aliphatic heterocycles. The van der Waals surface area contributed by atoms with Crippen LogP contribution < -0.4 is 5.32 Å². The summed E-state index contributed by atoms with van der Waals surface area (Å²) in [4.78, 5) is 26.2. The SMILES string of the molecule is O=C(CCCn1cnnn1)NCc1ccc(C(=O)N2CCCCC2)cc1. The van der Waals surface area contributed by atoms with Gasteiger partial charge in [-0.25, -0.2) is 4.68 Å². The van der Waals surface area contributed by atoms with Crippen LogP contribution in [0.1, 0.15) is 48.0 Å². The Kier molecular flexibility index (Phi) is 6.29. The summed E-state index contributed by atoms with van der Waals surface area (Å²) in [6, 6.07) is 7.49. The number of nitrogens with one attached hydrogen (secondary N) is 1. The number of piperidine rings is 1. The first-order chi connectivity index (χ1) is 12.7. The maximum absolute atomic E-state index is 12.4. The van der Waals surface area contributed by atoms with Crippen LogP contribution in [0.4, 0.5) is 0 Å². The Bertz CT molecular complexity index is 708. The molecular formula is C18H24N6O2. The van der Waals surface area contributed by atoms with E-state index in [1.165, 1.54) is 12.7 Å². The van der Waals surface area contributed by atoms with Crippen LogP contribution in [-0.2, 0) is 17.9 Å². The number of aryl methyl sites for hydroxylation is 1. The van der Waals surface area contributed by atoms with E-state index < -0.39 is 0 Å². The van der Waals surface area contributed by atoms with Crippen LogP contribution in [0.3, 0.4) is 0 Å². The fraction of sp³-hybridized carbons (Fsp3) is 0.500. The predicted octanol–water partition coefficient (Wildman–Crippen LogP) is 1.40. The molecule has 1 aromatic heterocycles. The molecule has 0 bridgehead atoms. The maximum atomic E-state index is 12.4.